The van der Waals surface area contributed by atoms with Crippen molar-refractivity contribution in [3.05, 3.63) is 35.5 Å². The molecular weight excluding hydrogens is 264 g/mol. The van der Waals surface area contributed by atoms with Crippen LogP contribution in [-0.4, -0.2) is 29.6 Å². The summed E-state index contributed by atoms with van der Waals surface area (Å²) in [7, 11) is -3.20. The van der Waals surface area contributed by atoms with Gasteiger partial charge in [0, 0.05) is 18.1 Å². The Kier molecular flexibility index (Phi) is 3.57. The van der Waals surface area contributed by atoms with E-state index in [1.807, 2.05) is 13.8 Å². The molecule has 2 rings (SSSR count). The topological polar surface area (TPSA) is 87.7 Å². The molecule has 0 unspecified atom stereocenters. The van der Waals surface area contributed by atoms with Gasteiger partial charge in [0.1, 0.15) is 11.6 Å². The highest BCUT2D eigenvalue weighted by molar-refractivity contribution is 7.90. The van der Waals surface area contributed by atoms with Crippen LogP contribution in [0.25, 0.3) is 0 Å². The lowest BCUT2D eigenvalue weighted by Gasteiger charge is -2.04. The number of nitrogens with one attached hydrogen (secondary N) is 2. The van der Waals surface area contributed by atoms with Gasteiger partial charge in [-0.05, 0) is 26.0 Å². The fourth-order valence-corrected chi connectivity index (χ4v) is 2.14. The Labute approximate surface area is 112 Å². The summed E-state index contributed by atoms with van der Waals surface area (Å²) in [5.41, 5.74) is 2.01. The van der Waals surface area contributed by atoms with Crippen molar-refractivity contribution >= 4 is 15.7 Å². The molecule has 0 aliphatic heterocycles. The van der Waals surface area contributed by atoms with E-state index in [2.05, 4.69) is 20.3 Å². The maximum atomic E-state index is 11.3. The van der Waals surface area contributed by atoms with Gasteiger partial charge in [-0.25, -0.2) is 18.4 Å². The number of aromatic nitrogens is 3. The molecule has 6 nitrogen and oxygen atoms in total. The van der Waals surface area contributed by atoms with Crippen LogP contribution in [-0.2, 0) is 16.4 Å². The highest BCUT2D eigenvalue weighted by Crippen LogP contribution is 2.11. The normalized spacial score (nSPS) is 11.5. The van der Waals surface area contributed by atoms with E-state index in [0.29, 0.717) is 12.4 Å². The lowest BCUT2D eigenvalue weighted by molar-refractivity contribution is 0.601. The number of imidazole rings is 1. The molecule has 19 heavy (non-hydrogen) atoms. The van der Waals surface area contributed by atoms with Crippen LogP contribution in [0.3, 0.4) is 0 Å². The van der Waals surface area contributed by atoms with Crippen molar-refractivity contribution in [2.24, 2.45) is 0 Å². The maximum Gasteiger partial charge on any atom is 0.177 e. The van der Waals surface area contributed by atoms with Crippen molar-refractivity contribution in [1.29, 1.82) is 0 Å². The summed E-state index contributed by atoms with van der Waals surface area (Å²) in [5, 5.41) is 3.08. The molecule has 0 saturated carbocycles. The second kappa shape index (κ2) is 5.00. The molecule has 2 aromatic heterocycles. The standard InChI is InChI=1S/C12H16N4O2S/c1-8-9(2)16-12(15-8)7-14-11-5-4-10(6-13-11)19(3,17)18/h4-6H,7H2,1-3H3,(H,13,14)(H,15,16). The lowest BCUT2D eigenvalue weighted by Crippen LogP contribution is -2.04. The summed E-state index contributed by atoms with van der Waals surface area (Å²) >= 11 is 0. The summed E-state index contributed by atoms with van der Waals surface area (Å²) < 4.78 is 22.6. The zero-order valence-corrected chi connectivity index (χ0v) is 11.9. The second-order valence-electron chi connectivity index (χ2n) is 4.40. The molecule has 0 saturated heterocycles. The van der Waals surface area contributed by atoms with Gasteiger partial charge in [0.05, 0.1) is 17.1 Å². The van der Waals surface area contributed by atoms with E-state index in [1.54, 1.807) is 6.07 Å². The number of nitrogens with zero attached hydrogens (tertiary/aromatic N) is 2. The minimum atomic E-state index is -3.20. The average molecular weight is 280 g/mol. The number of aryl methyl sites for hydroxylation is 2. The average Bonchev–Trinajstić information content (AvgIpc) is 2.66. The van der Waals surface area contributed by atoms with E-state index in [1.165, 1.54) is 12.3 Å². The highest BCUT2D eigenvalue weighted by atomic mass is 32.2. The van der Waals surface area contributed by atoms with E-state index in [-0.39, 0.29) is 4.90 Å². The van der Waals surface area contributed by atoms with Crippen molar-refractivity contribution in [3.63, 3.8) is 0 Å². The first-order valence-electron chi connectivity index (χ1n) is 5.78. The van der Waals surface area contributed by atoms with Crippen molar-refractivity contribution < 1.29 is 8.42 Å². The first-order valence-corrected chi connectivity index (χ1v) is 7.67. The van der Waals surface area contributed by atoms with Gasteiger partial charge in [0.2, 0.25) is 0 Å². The lowest BCUT2D eigenvalue weighted by atomic mass is 10.4. The highest BCUT2D eigenvalue weighted by Gasteiger charge is 2.07. The van der Waals surface area contributed by atoms with E-state index in [4.69, 9.17) is 0 Å². The monoisotopic (exact) mass is 280 g/mol. The Morgan fingerprint density at radius 2 is 2.05 bits per heavy atom. The van der Waals surface area contributed by atoms with Gasteiger partial charge in [-0.1, -0.05) is 0 Å². The number of hydrogen-bond donors (Lipinski definition) is 2. The molecule has 0 bridgehead atoms. The van der Waals surface area contributed by atoms with Crippen LogP contribution < -0.4 is 5.32 Å². The Morgan fingerprint density at radius 3 is 2.53 bits per heavy atom. The Bertz CT molecular complexity index is 655. The number of aromatic amines is 1. The minimum absolute atomic E-state index is 0.211. The van der Waals surface area contributed by atoms with Crippen molar-refractivity contribution in [3.8, 4) is 0 Å². The molecule has 0 aliphatic rings. The number of hydrogen-bond acceptors (Lipinski definition) is 5. The van der Waals surface area contributed by atoms with Gasteiger partial charge in [0.15, 0.2) is 9.84 Å². The SMILES string of the molecule is Cc1nc(CNc2ccc(S(C)(=O)=O)cn2)[nH]c1C. The van der Waals surface area contributed by atoms with E-state index < -0.39 is 9.84 Å². The summed E-state index contributed by atoms with van der Waals surface area (Å²) in [6, 6.07) is 3.17. The Morgan fingerprint density at radius 1 is 1.32 bits per heavy atom. The molecule has 2 N–H and O–H groups in total. The van der Waals surface area contributed by atoms with Crippen LogP contribution in [0.15, 0.2) is 23.2 Å². The Hall–Kier alpha value is -1.89. The Balaban J connectivity index is 2.04. The van der Waals surface area contributed by atoms with Crippen molar-refractivity contribution in [1.82, 2.24) is 15.0 Å². The third kappa shape index (κ3) is 3.31. The summed E-state index contributed by atoms with van der Waals surface area (Å²) in [6.45, 7) is 4.42. The molecule has 102 valence electrons. The third-order valence-electron chi connectivity index (χ3n) is 2.78. The van der Waals surface area contributed by atoms with Crippen LogP contribution in [0.1, 0.15) is 17.2 Å². The molecular formula is C12H16N4O2S. The quantitative estimate of drug-likeness (QED) is 0.884. The fraction of sp³-hybridized carbons (Fsp3) is 0.333. The number of sulfone groups is 1. The van der Waals surface area contributed by atoms with Crippen LogP contribution in [0.4, 0.5) is 5.82 Å². The van der Waals surface area contributed by atoms with Crippen LogP contribution >= 0.6 is 0 Å². The van der Waals surface area contributed by atoms with E-state index in [0.717, 1.165) is 23.5 Å². The predicted octanol–water partition coefficient (Wildman–Crippen LogP) is 1.44. The van der Waals surface area contributed by atoms with Gasteiger partial charge in [-0.15, -0.1) is 0 Å². The summed E-state index contributed by atoms with van der Waals surface area (Å²) in [6.07, 6.45) is 2.50. The van der Waals surface area contributed by atoms with Gasteiger partial charge in [-0.2, -0.15) is 0 Å². The zero-order valence-electron chi connectivity index (χ0n) is 11.1. The first-order chi connectivity index (χ1) is 8.86. The van der Waals surface area contributed by atoms with Crippen LogP contribution in [0.2, 0.25) is 0 Å². The van der Waals surface area contributed by atoms with Gasteiger partial charge >= 0.3 is 0 Å². The molecule has 0 radical (unpaired) electrons. The fourth-order valence-electron chi connectivity index (χ4n) is 1.58. The summed E-state index contributed by atoms with van der Waals surface area (Å²) in [5.74, 6) is 1.43. The molecule has 2 aromatic rings. The molecule has 0 amide bonds. The largest absolute Gasteiger partial charge is 0.363 e. The van der Waals surface area contributed by atoms with E-state index in [9.17, 15) is 8.42 Å². The van der Waals surface area contributed by atoms with Gasteiger partial charge in [0.25, 0.3) is 0 Å². The number of H-pyrrole nitrogens is 1. The predicted molar refractivity (Wildman–Crippen MR) is 72.7 cm³/mol. The second-order valence-corrected chi connectivity index (χ2v) is 6.41. The maximum absolute atomic E-state index is 11.3. The molecule has 0 fully saturated rings. The molecule has 2 heterocycles. The third-order valence-corrected chi connectivity index (χ3v) is 3.88. The number of pyridine rings is 1. The molecule has 0 aromatic carbocycles. The molecule has 0 aliphatic carbocycles. The molecule has 7 heteroatoms. The first kappa shape index (κ1) is 13.5. The smallest absolute Gasteiger partial charge is 0.177 e. The minimum Gasteiger partial charge on any atom is -0.363 e. The van der Waals surface area contributed by atoms with Crippen LogP contribution in [0.5, 0.6) is 0 Å². The number of rotatable bonds is 4. The number of anilines is 1. The zero-order chi connectivity index (χ0) is 14.0. The summed E-state index contributed by atoms with van der Waals surface area (Å²) in [4.78, 5) is 11.8. The molecule has 0 atom stereocenters. The van der Waals surface area contributed by atoms with Gasteiger partial charge < -0.3 is 10.3 Å². The molecule has 0 spiro atoms. The van der Waals surface area contributed by atoms with E-state index >= 15 is 0 Å². The van der Waals surface area contributed by atoms with Gasteiger partial charge in [-0.3, -0.25) is 0 Å². The van der Waals surface area contributed by atoms with Crippen LogP contribution in [0, 0.1) is 13.8 Å². The van der Waals surface area contributed by atoms with Crippen molar-refractivity contribution in [2.75, 3.05) is 11.6 Å². The van der Waals surface area contributed by atoms with Crippen molar-refractivity contribution in [2.45, 2.75) is 25.3 Å².